The molecule has 1 aliphatic rings. The van der Waals surface area contributed by atoms with E-state index in [1.807, 2.05) is 18.2 Å². The number of aromatic nitrogens is 1. The molecule has 3 aromatic rings. The SMILES string of the molecule is N=c1sc2cc(Cl)ccc2n1CC1CCN(CC(O)c2cccc(F)c2)CC1. The van der Waals surface area contributed by atoms with Gasteiger partial charge in [-0.3, -0.25) is 5.41 Å². The molecule has 0 saturated carbocycles. The van der Waals surface area contributed by atoms with Gasteiger partial charge >= 0.3 is 0 Å². The summed E-state index contributed by atoms with van der Waals surface area (Å²) in [5.74, 6) is 0.188. The van der Waals surface area contributed by atoms with E-state index >= 15 is 0 Å². The molecule has 4 nitrogen and oxygen atoms in total. The van der Waals surface area contributed by atoms with Gasteiger partial charge in [0.2, 0.25) is 0 Å². The summed E-state index contributed by atoms with van der Waals surface area (Å²) in [7, 11) is 0. The first-order valence-corrected chi connectivity index (χ1v) is 10.7. The van der Waals surface area contributed by atoms with Gasteiger partial charge in [-0.05, 0) is 67.7 Å². The fraction of sp³-hybridized carbons (Fsp3) is 0.381. The number of piperidine rings is 1. The molecule has 0 spiro atoms. The van der Waals surface area contributed by atoms with E-state index < -0.39 is 6.10 Å². The smallest absolute Gasteiger partial charge is 0.182 e. The summed E-state index contributed by atoms with van der Waals surface area (Å²) in [6.45, 7) is 3.16. The van der Waals surface area contributed by atoms with Gasteiger partial charge in [-0.15, -0.1) is 0 Å². The maximum Gasteiger partial charge on any atom is 0.182 e. The lowest BCUT2D eigenvalue weighted by Gasteiger charge is -2.33. The Kier molecular flexibility index (Phi) is 5.83. The summed E-state index contributed by atoms with van der Waals surface area (Å²) in [4.78, 5) is 2.80. The van der Waals surface area contributed by atoms with Crippen molar-refractivity contribution in [3.63, 3.8) is 0 Å². The number of benzene rings is 2. The van der Waals surface area contributed by atoms with Crippen LogP contribution < -0.4 is 4.80 Å². The Bertz CT molecular complexity index is 1030. The quantitative estimate of drug-likeness (QED) is 0.643. The maximum atomic E-state index is 13.4. The third-order valence-electron chi connectivity index (χ3n) is 5.48. The Balaban J connectivity index is 1.36. The van der Waals surface area contributed by atoms with Gasteiger partial charge in [-0.2, -0.15) is 0 Å². The molecule has 2 heterocycles. The van der Waals surface area contributed by atoms with E-state index in [-0.39, 0.29) is 5.82 Å². The number of hydrogen-bond donors (Lipinski definition) is 2. The highest BCUT2D eigenvalue weighted by molar-refractivity contribution is 7.16. The molecule has 0 bridgehead atoms. The zero-order valence-electron chi connectivity index (χ0n) is 15.4. The molecule has 1 aliphatic heterocycles. The van der Waals surface area contributed by atoms with Crippen LogP contribution in [0.25, 0.3) is 10.2 Å². The van der Waals surface area contributed by atoms with Crippen LogP contribution in [0.1, 0.15) is 24.5 Å². The summed E-state index contributed by atoms with van der Waals surface area (Å²) < 4.78 is 16.5. The highest BCUT2D eigenvalue weighted by atomic mass is 35.5. The number of hydrogen-bond acceptors (Lipinski definition) is 4. The summed E-state index contributed by atoms with van der Waals surface area (Å²) in [6, 6.07) is 12.0. The van der Waals surface area contributed by atoms with E-state index in [4.69, 9.17) is 17.0 Å². The lowest BCUT2D eigenvalue weighted by molar-refractivity contribution is 0.0865. The Morgan fingerprint density at radius 2 is 2.00 bits per heavy atom. The van der Waals surface area contributed by atoms with Crippen molar-refractivity contribution in [2.75, 3.05) is 19.6 Å². The van der Waals surface area contributed by atoms with Crippen molar-refractivity contribution in [3.8, 4) is 0 Å². The van der Waals surface area contributed by atoms with E-state index in [1.165, 1.54) is 23.5 Å². The second-order valence-electron chi connectivity index (χ2n) is 7.44. The van der Waals surface area contributed by atoms with Crippen LogP contribution in [-0.4, -0.2) is 34.2 Å². The highest BCUT2D eigenvalue weighted by Gasteiger charge is 2.23. The lowest BCUT2D eigenvalue weighted by Crippen LogP contribution is -2.38. The van der Waals surface area contributed by atoms with Gasteiger partial charge in [0, 0.05) is 18.1 Å². The number of halogens is 2. The summed E-state index contributed by atoms with van der Waals surface area (Å²) >= 11 is 7.53. The van der Waals surface area contributed by atoms with E-state index in [1.54, 1.807) is 12.1 Å². The Labute approximate surface area is 172 Å². The van der Waals surface area contributed by atoms with Crippen molar-refractivity contribution in [2.24, 2.45) is 5.92 Å². The van der Waals surface area contributed by atoms with Gasteiger partial charge in [0.1, 0.15) is 5.82 Å². The molecule has 1 aromatic heterocycles. The first-order valence-electron chi connectivity index (χ1n) is 9.49. The van der Waals surface area contributed by atoms with Crippen LogP contribution in [0.3, 0.4) is 0 Å². The predicted molar refractivity (Wildman–Crippen MR) is 111 cm³/mol. The number of nitrogens with zero attached hydrogens (tertiary/aromatic N) is 2. The minimum absolute atomic E-state index is 0.317. The molecule has 2 N–H and O–H groups in total. The van der Waals surface area contributed by atoms with Gasteiger partial charge in [0.05, 0.1) is 16.3 Å². The third kappa shape index (κ3) is 4.30. The summed E-state index contributed by atoms with van der Waals surface area (Å²) in [5.41, 5.74) is 1.70. The van der Waals surface area contributed by atoms with Crippen molar-refractivity contribution < 1.29 is 9.50 Å². The second kappa shape index (κ2) is 8.33. The average molecular weight is 420 g/mol. The first-order chi connectivity index (χ1) is 13.5. The number of aliphatic hydroxyl groups is 1. The topological polar surface area (TPSA) is 52.2 Å². The molecular formula is C21H23ClFN3OS. The largest absolute Gasteiger partial charge is 0.387 e. The van der Waals surface area contributed by atoms with Gasteiger partial charge in [-0.1, -0.05) is 35.1 Å². The molecule has 1 atom stereocenters. The van der Waals surface area contributed by atoms with E-state index in [9.17, 15) is 9.50 Å². The molecule has 0 amide bonds. The standard InChI is InChI=1S/C21H23ClFN3OS/c22-16-4-5-18-20(11-16)28-21(24)26(18)12-14-6-8-25(9-7-14)13-19(27)15-2-1-3-17(23)10-15/h1-5,10-11,14,19,24,27H,6-9,12-13H2. The number of nitrogens with one attached hydrogen (secondary N) is 1. The first kappa shape index (κ1) is 19.6. The van der Waals surface area contributed by atoms with Crippen molar-refractivity contribution in [2.45, 2.75) is 25.5 Å². The number of fused-ring (bicyclic) bond motifs is 1. The molecule has 148 valence electrons. The molecule has 4 rings (SSSR count). The fourth-order valence-corrected chi connectivity index (χ4v) is 5.11. The molecule has 7 heteroatoms. The van der Waals surface area contributed by atoms with Crippen LogP contribution in [0.4, 0.5) is 4.39 Å². The Morgan fingerprint density at radius 1 is 1.21 bits per heavy atom. The van der Waals surface area contributed by atoms with Gasteiger partial charge in [-0.25, -0.2) is 4.39 Å². The molecular weight excluding hydrogens is 397 g/mol. The van der Waals surface area contributed by atoms with E-state index in [0.29, 0.717) is 27.9 Å². The van der Waals surface area contributed by atoms with E-state index in [2.05, 4.69) is 9.47 Å². The van der Waals surface area contributed by atoms with Crippen LogP contribution in [0.2, 0.25) is 5.02 Å². The van der Waals surface area contributed by atoms with Crippen molar-refractivity contribution >= 4 is 33.2 Å². The van der Waals surface area contributed by atoms with Crippen molar-refractivity contribution in [1.29, 1.82) is 5.41 Å². The fourth-order valence-electron chi connectivity index (χ4n) is 3.92. The Morgan fingerprint density at radius 3 is 2.75 bits per heavy atom. The zero-order valence-corrected chi connectivity index (χ0v) is 17.0. The molecule has 28 heavy (non-hydrogen) atoms. The van der Waals surface area contributed by atoms with Crippen LogP contribution in [0.15, 0.2) is 42.5 Å². The van der Waals surface area contributed by atoms with Crippen molar-refractivity contribution in [1.82, 2.24) is 9.47 Å². The second-order valence-corrected chi connectivity index (χ2v) is 8.91. The normalized spacial score (nSPS) is 17.2. The number of β-amino-alcohol motifs (C(OH)–C–C–N with tert-alkyl or cyclic N) is 1. The molecule has 0 radical (unpaired) electrons. The third-order valence-corrected chi connectivity index (χ3v) is 6.67. The molecule has 1 saturated heterocycles. The van der Waals surface area contributed by atoms with Gasteiger partial charge in [0.15, 0.2) is 4.80 Å². The minimum atomic E-state index is -0.674. The minimum Gasteiger partial charge on any atom is -0.387 e. The number of thiazole rings is 1. The molecule has 0 aliphatic carbocycles. The average Bonchev–Trinajstić information content (AvgIpc) is 2.97. The Hall–Kier alpha value is -1.73. The number of aliphatic hydroxyl groups excluding tert-OH is 1. The van der Waals surface area contributed by atoms with Crippen LogP contribution >= 0.6 is 22.9 Å². The van der Waals surface area contributed by atoms with Gasteiger partial charge in [0.25, 0.3) is 0 Å². The molecule has 1 unspecified atom stereocenters. The van der Waals surface area contributed by atoms with Crippen LogP contribution in [-0.2, 0) is 6.54 Å². The van der Waals surface area contributed by atoms with Crippen molar-refractivity contribution in [3.05, 3.63) is 63.7 Å². The monoisotopic (exact) mass is 419 g/mol. The number of likely N-dealkylation sites (tertiary alicyclic amines) is 1. The maximum absolute atomic E-state index is 13.4. The number of rotatable bonds is 5. The molecule has 2 aromatic carbocycles. The summed E-state index contributed by atoms with van der Waals surface area (Å²) in [5, 5.41) is 19.4. The molecule has 1 fully saturated rings. The predicted octanol–water partition coefficient (Wildman–Crippen LogP) is 4.42. The van der Waals surface area contributed by atoms with E-state index in [0.717, 1.165) is 42.7 Å². The van der Waals surface area contributed by atoms with Gasteiger partial charge < -0.3 is 14.6 Å². The lowest BCUT2D eigenvalue weighted by atomic mass is 9.96. The highest BCUT2D eigenvalue weighted by Crippen LogP contribution is 2.26. The summed E-state index contributed by atoms with van der Waals surface area (Å²) in [6.07, 6.45) is 1.37. The zero-order chi connectivity index (χ0) is 19.7. The van der Waals surface area contributed by atoms with Crippen LogP contribution in [0.5, 0.6) is 0 Å². The van der Waals surface area contributed by atoms with Crippen LogP contribution in [0, 0.1) is 17.1 Å².